The summed E-state index contributed by atoms with van der Waals surface area (Å²) in [5, 5.41) is 0. The van der Waals surface area contributed by atoms with E-state index in [9.17, 15) is 14.1 Å². The number of fused-ring (bicyclic) bond motifs is 3. The highest BCUT2D eigenvalue weighted by atomic mass is 32.2. The van der Waals surface area contributed by atoms with Gasteiger partial charge in [0.05, 0.1) is 22.9 Å². The fourth-order valence-corrected chi connectivity index (χ4v) is 6.15. The lowest BCUT2D eigenvalue weighted by Crippen LogP contribution is -2.32. The second-order valence-corrected chi connectivity index (χ2v) is 9.72. The van der Waals surface area contributed by atoms with E-state index in [0.29, 0.717) is 26.6 Å². The highest BCUT2D eigenvalue weighted by Crippen LogP contribution is 2.50. The topological polar surface area (TPSA) is 63.7 Å². The van der Waals surface area contributed by atoms with E-state index in [-0.39, 0.29) is 11.8 Å². The van der Waals surface area contributed by atoms with Crippen LogP contribution in [0.5, 0.6) is 0 Å². The molecule has 0 saturated carbocycles. The molecule has 2 amide bonds. The van der Waals surface area contributed by atoms with Crippen molar-refractivity contribution >= 4 is 40.1 Å². The second kappa shape index (κ2) is 7.87. The van der Waals surface area contributed by atoms with Crippen LogP contribution in [0.4, 0.5) is 17.1 Å². The van der Waals surface area contributed by atoms with E-state index < -0.39 is 17.2 Å². The molecular weight excluding hydrogens is 444 g/mol. The molecule has 0 fully saturated rings. The second-order valence-electron chi connectivity index (χ2n) is 8.31. The Morgan fingerprint density at radius 2 is 1.24 bits per heavy atom. The molecule has 166 valence electrons. The summed E-state index contributed by atoms with van der Waals surface area (Å²) in [6, 6.07) is 29.5. The van der Waals surface area contributed by atoms with Crippen LogP contribution >= 0.6 is 0 Å². The van der Waals surface area contributed by atoms with Gasteiger partial charge < -0.3 is 9.45 Å². The summed E-state index contributed by atoms with van der Waals surface area (Å²) in [5.41, 5.74) is 3.72. The first-order valence-corrected chi connectivity index (χ1v) is 12.2. The van der Waals surface area contributed by atoms with Gasteiger partial charge in [-0.05, 0) is 48.9 Å². The molecule has 2 aliphatic heterocycles. The van der Waals surface area contributed by atoms with Crippen LogP contribution in [-0.4, -0.2) is 21.3 Å². The van der Waals surface area contributed by atoms with Crippen LogP contribution in [0.2, 0.25) is 0 Å². The fourth-order valence-electron chi connectivity index (χ4n) is 4.81. The van der Waals surface area contributed by atoms with Crippen LogP contribution in [0.25, 0.3) is 0 Å². The molecule has 34 heavy (non-hydrogen) atoms. The normalized spacial score (nSPS) is 15.7. The number of para-hydroxylation sites is 2. The zero-order valence-corrected chi connectivity index (χ0v) is 19.2. The van der Waals surface area contributed by atoms with Crippen molar-refractivity contribution < 1.29 is 14.1 Å². The van der Waals surface area contributed by atoms with Crippen molar-refractivity contribution in [2.45, 2.75) is 22.8 Å². The molecule has 4 aromatic carbocycles. The molecule has 6 rings (SSSR count). The summed E-state index contributed by atoms with van der Waals surface area (Å²) in [5.74, 6) is -0.631. The fraction of sp³-hybridized carbons (Fsp3) is 0.0714. The maximum Gasteiger partial charge on any atom is 0.264 e. The lowest BCUT2D eigenvalue weighted by Gasteiger charge is -2.33. The highest BCUT2D eigenvalue weighted by molar-refractivity contribution is 7.92. The molecule has 2 heterocycles. The molecule has 0 aromatic heterocycles. The molecule has 0 bridgehead atoms. The van der Waals surface area contributed by atoms with E-state index in [1.807, 2.05) is 96.8 Å². The number of nitrogens with zero attached hydrogens (tertiary/aromatic N) is 2. The first-order valence-electron chi connectivity index (χ1n) is 11.0. The lowest BCUT2D eigenvalue weighted by atomic mass is 10.0. The third kappa shape index (κ3) is 2.93. The van der Waals surface area contributed by atoms with E-state index in [0.717, 1.165) is 16.9 Å². The van der Waals surface area contributed by atoms with Crippen LogP contribution in [0.1, 0.15) is 39.2 Å². The molecule has 1 unspecified atom stereocenters. The van der Waals surface area contributed by atoms with Crippen LogP contribution in [-0.2, 0) is 11.2 Å². The number of hydrogen-bond donors (Lipinski definition) is 0. The number of rotatable bonds is 3. The summed E-state index contributed by atoms with van der Waals surface area (Å²) in [7, 11) is 0. The van der Waals surface area contributed by atoms with Gasteiger partial charge in [-0.1, -0.05) is 60.7 Å². The minimum absolute atomic E-state index is 0.305. The number of anilines is 3. The number of amides is 2. The first kappa shape index (κ1) is 20.7. The van der Waals surface area contributed by atoms with Crippen molar-refractivity contribution in [1.29, 1.82) is 0 Å². The van der Waals surface area contributed by atoms with Crippen molar-refractivity contribution in [3.63, 3.8) is 0 Å². The van der Waals surface area contributed by atoms with Crippen LogP contribution in [0, 0.1) is 0 Å². The molecule has 1 atom stereocenters. The minimum atomic E-state index is -1.34. The largest absolute Gasteiger partial charge is 0.606 e. The van der Waals surface area contributed by atoms with E-state index in [4.69, 9.17) is 0 Å². The van der Waals surface area contributed by atoms with Gasteiger partial charge in [0.2, 0.25) is 0 Å². The van der Waals surface area contributed by atoms with Crippen molar-refractivity contribution in [3.05, 3.63) is 114 Å². The first-order chi connectivity index (χ1) is 16.6. The number of carbonyl (C=O) groups is 2. The lowest BCUT2D eigenvalue weighted by molar-refractivity contribution is 0.0595. The number of benzene rings is 4. The van der Waals surface area contributed by atoms with Gasteiger partial charge in [0.1, 0.15) is 11.4 Å². The molecule has 4 aromatic rings. The van der Waals surface area contributed by atoms with Crippen LogP contribution < -0.4 is 4.90 Å². The third-order valence-electron chi connectivity index (χ3n) is 6.45. The van der Waals surface area contributed by atoms with E-state index in [2.05, 4.69) is 0 Å². The molecule has 0 aliphatic carbocycles. The van der Waals surface area contributed by atoms with Crippen LogP contribution in [0.3, 0.4) is 0 Å². The Bertz CT molecular complexity index is 1410. The quantitative estimate of drug-likeness (QED) is 0.276. The standard InChI is InChI=1S/C28H20N2O3S/c1-18(19-10-3-2-4-11-19)29-27(31)20-12-9-15-23(26(20)28(29)32)30-21-13-5-7-16-24(21)34(33)25-17-8-6-14-22(25)30/h2-18H,1H3. The summed E-state index contributed by atoms with van der Waals surface area (Å²) in [6.07, 6.45) is 0. The van der Waals surface area contributed by atoms with E-state index in [1.54, 1.807) is 12.1 Å². The zero-order valence-electron chi connectivity index (χ0n) is 18.3. The summed E-state index contributed by atoms with van der Waals surface area (Å²) < 4.78 is 13.3. The van der Waals surface area contributed by atoms with Crippen molar-refractivity contribution in [2.24, 2.45) is 0 Å². The predicted molar refractivity (Wildman–Crippen MR) is 131 cm³/mol. The molecule has 0 radical (unpaired) electrons. The van der Waals surface area contributed by atoms with Gasteiger partial charge in [-0.2, -0.15) is 0 Å². The monoisotopic (exact) mass is 464 g/mol. The van der Waals surface area contributed by atoms with Gasteiger partial charge in [0.15, 0.2) is 9.79 Å². The molecule has 0 saturated heterocycles. The Balaban J connectivity index is 1.53. The van der Waals surface area contributed by atoms with Gasteiger partial charge in [-0.25, -0.2) is 0 Å². The van der Waals surface area contributed by atoms with Crippen molar-refractivity contribution in [1.82, 2.24) is 4.90 Å². The number of carbonyl (C=O) groups excluding carboxylic acids is 2. The number of hydrogen-bond acceptors (Lipinski definition) is 4. The summed E-state index contributed by atoms with van der Waals surface area (Å²) in [6.45, 7) is 1.87. The SMILES string of the molecule is CC(c1ccccc1)N1C(=O)c2cccc(N3c4ccccc4[S+]([O-])c4ccccc43)c2C1=O. The smallest absolute Gasteiger partial charge is 0.264 e. The molecule has 5 nitrogen and oxygen atoms in total. The van der Waals surface area contributed by atoms with Crippen molar-refractivity contribution in [3.8, 4) is 0 Å². The van der Waals surface area contributed by atoms with Gasteiger partial charge >= 0.3 is 0 Å². The van der Waals surface area contributed by atoms with E-state index >= 15 is 0 Å². The predicted octanol–water partition coefficient (Wildman–Crippen LogP) is 5.99. The summed E-state index contributed by atoms with van der Waals surface area (Å²) >= 11 is -1.34. The van der Waals surface area contributed by atoms with Gasteiger partial charge in [0, 0.05) is 11.2 Å². The van der Waals surface area contributed by atoms with E-state index in [1.165, 1.54) is 4.90 Å². The maximum absolute atomic E-state index is 13.8. The Labute approximate surface area is 200 Å². The van der Waals surface area contributed by atoms with Gasteiger partial charge in [0.25, 0.3) is 11.8 Å². The summed E-state index contributed by atoms with van der Waals surface area (Å²) in [4.78, 5) is 31.9. The third-order valence-corrected chi connectivity index (χ3v) is 7.94. The molecule has 6 heteroatoms. The average molecular weight is 465 g/mol. The Hall–Kier alpha value is -3.87. The Morgan fingerprint density at radius 1 is 0.676 bits per heavy atom. The Morgan fingerprint density at radius 3 is 1.88 bits per heavy atom. The Kier molecular flexibility index (Phi) is 4.79. The zero-order chi connectivity index (χ0) is 23.4. The maximum atomic E-state index is 13.8. The van der Waals surface area contributed by atoms with Gasteiger partial charge in [-0.3, -0.25) is 14.5 Å². The average Bonchev–Trinajstić information content (AvgIpc) is 3.14. The molecule has 0 spiro atoms. The number of imide groups is 1. The van der Waals surface area contributed by atoms with Crippen LogP contribution in [0.15, 0.2) is 107 Å². The van der Waals surface area contributed by atoms with Gasteiger partial charge in [-0.15, -0.1) is 0 Å². The molecule has 2 aliphatic rings. The molecular formula is C28H20N2O3S. The van der Waals surface area contributed by atoms with Crippen molar-refractivity contribution in [2.75, 3.05) is 4.90 Å². The minimum Gasteiger partial charge on any atom is -0.606 e. The molecule has 0 N–H and O–H groups in total. The highest BCUT2D eigenvalue weighted by Gasteiger charge is 2.43.